The Morgan fingerprint density at radius 2 is 1.85 bits per heavy atom. The van der Waals surface area contributed by atoms with Crippen LogP contribution in [0.5, 0.6) is 17.2 Å². The Balaban J connectivity index is 1.36. The maximum Gasteiger partial charge on any atom is 0.231 e. The number of rotatable bonds is 4. The Hall–Kier alpha value is -2.67. The summed E-state index contributed by atoms with van der Waals surface area (Å²) in [6.07, 6.45) is 0. The van der Waals surface area contributed by atoms with Crippen LogP contribution >= 0.6 is 12.2 Å². The van der Waals surface area contributed by atoms with E-state index in [9.17, 15) is 0 Å². The lowest BCUT2D eigenvalue weighted by atomic mass is 10.2. The summed E-state index contributed by atoms with van der Waals surface area (Å²) >= 11 is 5.61. The van der Waals surface area contributed by atoms with Crippen LogP contribution in [0.3, 0.4) is 0 Å². The van der Waals surface area contributed by atoms with Crippen LogP contribution in [0.2, 0.25) is 0 Å². The number of fused-ring (bicyclic) bond motifs is 1. The van der Waals surface area contributed by atoms with Crippen molar-refractivity contribution in [2.75, 3.05) is 49.8 Å². The molecule has 4 rings (SSSR count). The third kappa shape index (κ3) is 3.88. The molecule has 0 atom stereocenters. The molecule has 2 aromatic rings. The van der Waals surface area contributed by atoms with Crippen LogP contribution < -0.4 is 24.4 Å². The van der Waals surface area contributed by atoms with Crippen molar-refractivity contribution in [3.05, 3.63) is 42.5 Å². The van der Waals surface area contributed by atoms with Gasteiger partial charge in [-0.25, -0.2) is 0 Å². The lowest BCUT2D eigenvalue weighted by Crippen LogP contribution is -2.50. The molecule has 0 spiro atoms. The molecule has 1 N–H and O–H groups in total. The Bertz CT molecular complexity index is 822. The van der Waals surface area contributed by atoms with E-state index in [4.69, 9.17) is 26.4 Å². The van der Waals surface area contributed by atoms with E-state index < -0.39 is 0 Å². The number of hydrogen-bond acceptors (Lipinski definition) is 5. The van der Waals surface area contributed by atoms with Gasteiger partial charge in [0.2, 0.25) is 6.79 Å². The Labute approximate surface area is 164 Å². The largest absolute Gasteiger partial charge is 0.492 e. The fraction of sp³-hybridized carbons (Fsp3) is 0.350. The summed E-state index contributed by atoms with van der Waals surface area (Å²) in [4.78, 5) is 4.55. The second kappa shape index (κ2) is 7.92. The summed E-state index contributed by atoms with van der Waals surface area (Å²) in [5.74, 6) is 2.46. The highest BCUT2D eigenvalue weighted by molar-refractivity contribution is 7.80. The van der Waals surface area contributed by atoms with Crippen LogP contribution in [0.25, 0.3) is 0 Å². The normalized spacial score (nSPS) is 15.6. The molecule has 2 aliphatic rings. The van der Waals surface area contributed by atoms with Gasteiger partial charge in [-0.1, -0.05) is 12.1 Å². The molecular formula is C20H23N3O3S. The molecule has 0 unspecified atom stereocenters. The first-order chi connectivity index (χ1) is 13.2. The van der Waals surface area contributed by atoms with Crippen molar-refractivity contribution in [2.45, 2.75) is 6.92 Å². The van der Waals surface area contributed by atoms with Gasteiger partial charge in [-0.05, 0) is 43.4 Å². The first-order valence-corrected chi connectivity index (χ1v) is 9.58. The Kier molecular flexibility index (Phi) is 5.20. The van der Waals surface area contributed by atoms with Crippen LogP contribution in [0.1, 0.15) is 6.92 Å². The van der Waals surface area contributed by atoms with Crippen molar-refractivity contribution in [3.8, 4) is 17.2 Å². The number of piperazine rings is 1. The van der Waals surface area contributed by atoms with Gasteiger partial charge in [-0.3, -0.25) is 0 Å². The molecule has 0 aliphatic carbocycles. The van der Waals surface area contributed by atoms with Crippen LogP contribution in [0.4, 0.5) is 11.4 Å². The van der Waals surface area contributed by atoms with Gasteiger partial charge in [0, 0.05) is 37.9 Å². The smallest absolute Gasteiger partial charge is 0.231 e. The number of nitrogens with one attached hydrogen (secondary N) is 1. The second-order valence-corrected chi connectivity index (χ2v) is 6.76. The van der Waals surface area contributed by atoms with E-state index >= 15 is 0 Å². The van der Waals surface area contributed by atoms with Gasteiger partial charge < -0.3 is 29.3 Å². The summed E-state index contributed by atoms with van der Waals surface area (Å²) in [5, 5.41) is 4.03. The van der Waals surface area contributed by atoms with Crippen molar-refractivity contribution in [2.24, 2.45) is 0 Å². The van der Waals surface area contributed by atoms with Crippen molar-refractivity contribution in [1.82, 2.24) is 4.90 Å². The SMILES string of the molecule is CCOc1ccccc1N1CCN(C(=S)Nc2ccc3c(c2)OCO3)CC1. The highest BCUT2D eigenvalue weighted by atomic mass is 32.1. The molecule has 2 heterocycles. The Morgan fingerprint density at radius 1 is 1.07 bits per heavy atom. The van der Waals surface area contributed by atoms with Gasteiger partial charge in [0.15, 0.2) is 16.6 Å². The van der Waals surface area contributed by atoms with Crippen LogP contribution in [-0.2, 0) is 0 Å². The molecular weight excluding hydrogens is 362 g/mol. The average Bonchev–Trinajstić information content (AvgIpc) is 3.17. The van der Waals surface area contributed by atoms with E-state index in [0.29, 0.717) is 6.61 Å². The van der Waals surface area contributed by atoms with Crippen molar-refractivity contribution < 1.29 is 14.2 Å². The minimum atomic E-state index is 0.272. The third-order valence-corrected chi connectivity index (χ3v) is 5.06. The molecule has 0 radical (unpaired) electrons. The van der Waals surface area contributed by atoms with Gasteiger partial charge in [0.05, 0.1) is 12.3 Å². The molecule has 142 valence electrons. The van der Waals surface area contributed by atoms with Crippen molar-refractivity contribution >= 4 is 28.7 Å². The molecule has 0 bridgehead atoms. The van der Waals surface area contributed by atoms with E-state index in [2.05, 4.69) is 27.2 Å². The topological polar surface area (TPSA) is 46.2 Å². The second-order valence-electron chi connectivity index (χ2n) is 6.37. The van der Waals surface area contributed by atoms with Gasteiger partial charge in [0.1, 0.15) is 5.75 Å². The number of anilines is 2. The number of ether oxygens (including phenoxy) is 3. The Morgan fingerprint density at radius 3 is 2.67 bits per heavy atom. The zero-order valence-electron chi connectivity index (χ0n) is 15.3. The number of hydrogen-bond donors (Lipinski definition) is 1. The molecule has 6 nitrogen and oxygen atoms in total. The standard InChI is InChI=1S/C20H23N3O3S/c1-2-24-17-6-4-3-5-16(17)22-9-11-23(12-10-22)20(27)21-15-7-8-18-19(13-15)26-14-25-18/h3-8,13H,2,9-12,14H2,1H3,(H,21,27). The minimum Gasteiger partial charge on any atom is -0.492 e. The van der Waals surface area contributed by atoms with Crippen LogP contribution in [0, 0.1) is 0 Å². The molecule has 0 saturated carbocycles. The highest BCUT2D eigenvalue weighted by Gasteiger charge is 2.22. The number of thiocarbonyl (C=S) groups is 1. The van der Waals surface area contributed by atoms with Gasteiger partial charge in [-0.2, -0.15) is 0 Å². The molecule has 27 heavy (non-hydrogen) atoms. The van der Waals surface area contributed by atoms with E-state index in [0.717, 1.165) is 59.9 Å². The van der Waals surface area contributed by atoms with Crippen LogP contribution in [0.15, 0.2) is 42.5 Å². The zero-order valence-corrected chi connectivity index (χ0v) is 16.1. The van der Waals surface area contributed by atoms with Gasteiger partial charge in [-0.15, -0.1) is 0 Å². The van der Waals surface area contributed by atoms with E-state index in [1.54, 1.807) is 0 Å². The molecule has 0 amide bonds. The van der Waals surface area contributed by atoms with Gasteiger partial charge in [0.25, 0.3) is 0 Å². The first kappa shape index (κ1) is 17.7. The summed E-state index contributed by atoms with van der Waals surface area (Å²) in [6, 6.07) is 14.0. The quantitative estimate of drug-likeness (QED) is 0.810. The van der Waals surface area contributed by atoms with Crippen molar-refractivity contribution in [1.29, 1.82) is 0 Å². The predicted molar refractivity (Wildman–Crippen MR) is 110 cm³/mol. The van der Waals surface area contributed by atoms with Crippen molar-refractivity contribution in [3.63, 3.8) is 0 Å². The van der Waals surface area contributed by atoms with E-state index in [1.165, 1.54) is 0 Å². The molecule has 7 heteroatoms. The lowest BCUT2D eigenvalue weighted by Gasteiger charge is -2.38. The number of nitrogens with zero attached hydrogens (tertiary/aromatic N) is 2. The molecule has 2 aromatic carbocycles. The summed E-state index contributed by atoms with van der Waals surface area (Å²) in [5.41, 5.74) is 2.06. The third-order valence-electron chi connectivity index (χ3n) is 4.70. The zero-order chi connectivity index (χ0) is 18.6. The van der Waals surface area contributed by atoms with E-state index in [1.807, 2.05) is 37.3 Å². The summed E-state index contributed by atoms with van der Waals surface area (Å²) < 4.78 is 16.5. The monoisotopic (exact) mass is 385 g/mol. The fourth-order valence-electron chi connectivity index (χ4n) is 3.32. The van der Waals surface area contributed by atoms with Gasteiger partial charge >= 0.3 is 0 Å². The first-order valence-electron chi connectivity index (χ1n) is 9.17. The predicted octanol–water partition coefficient (Wildman–Crippen LogP) is 3.33. The van der Waals surface area contributed by atoms with Crippen LogP contribution in [-0.4, -0.2) is 49.6 Å². The minimum absolute atomic E-state index is 0.272. The molecule has 1 fully saturated rings. The number of para-hydroxylation sites is 2. The number of benzene rings is 2. The molecule has 1 saturated heterocycles. The molecule has 2 aliphatic heterocycles. The highest BCUT2D eigenvalue weighted by Crippen LogP contribution is 2.34. The lowest BCUT2D eigenvalue weighted by molar-refractivity contribution is 0.174. The van der Waals surface area contributed by atoms with E-state index in [-0.39, 0.29) is 6.79 Å². The average molecular weight is 385 g/mol. The summed E-state index contributed by atoms with van der Waals surface area (Å²) in [7, 11) is 0. The maximum absolute atomic E-state index is 5.76. The summed E-state index contributed by atoms with van der Waals surface area (Å²) in [6.45, 7) is 6.46. The molecule has 0 aromatic heterocycles. The fourth-order valence-corrected chi connectivity index (χ4v) is 3.62. The maximum atomic E-state index is 5.76.